The van der Waals surface area contributed by atoms with Gasteiger partial charge >= 0.3 is 0 Å². The Bertz CT molecular complexity index is 1600. The van der Waals surface area contributed by atoms with E-state index in [1.54, 1.807) is 23.1 Å². The number of ether oxygens (including phenoxy) is 1. The number of hydrogen-bond donors (Lipinski definition) is 0. The summed E-state index contributed by atoms with van der Waals surface area (Å²) in [5.74, 6) is 0.886. The molecular formula is C28H27N9O. The van der Waals surface area contributed by atoms with Gasteiger partial charge < -0.3 is 9.64 Å². The van der Waals surface area contributed by atoms with Crippen molar-refractivity contribution in [2.45, 2.75) is 39.0 Å². The van der Waals surface area contributed by atoms with E-state index >= 15 is 0 Å². The molecule has 6 rings (SSSR count). The molecule has 1 fully saturated rings. The molecule has 10 heteroatoms. The number of hydrogen-bond acceptors (Lipinski definition) is 8. The monoisotopic (exact) mass is 505 g/mol. The first-order chi connectivity index (χ1) is 18.6. The summed E-state index contributed by atoms with van der Waals surface area (Å²) in [6.07, 6.45) is 11.8. The van der Waals surface area contributed by atoms with Crippen molar-refractivity contribution < 1.29 is 4.74 Å². The molecule has 1 saturated heterocycles. The molecule has 1 atom stereocenters. The molecule has 0 aromatic carbocycles. The van der Waals surface area contributed by atoms with E-state index in [9.17, 15) is 5.26 Å². The van der Waals surface area contributed by atoms with E-state index in [1.807, 2.05) is 53.6 Å². The van der Waals surface area contributed by atoms with Crippen molar-refractivity contribution in [3.63, 3.8) is 0 Å². The molecule has 0 saturated carbocycles. The van der Waals surface area contributed by atoms with Crippen LogP contribution in [0.5, 0.6) is 0 Å². The minimum atomic E-state index is 0.133. The van der Waals surface area contributed by atoms with Crippen LogP contribution in [-0.2, 0) is 11.3 Å². The second-order valence-electron chi connectivity index (χ2n) is 9.63. The minimum absolute atomic E-state index is 0.133. The molecule has 10 nitrogen and oxygen atoms in total. The number of aromatic nitrogens is 7. The van der Waals surface area contributed by atoms with Gasteiger partial charge in [-0.3, -0.25) is 9.67 Å². The second kappa shape index (κ2) is 10.0. The Balaban J connectivity index is 1.25. The van der Waals surface area contributed by atoms with E-state index in [1.165, 1.54) is 0 Å². The zero-order valence-corrected chi connectivity index (χ0v) is 21.3. The van der Waals surface area contributed by atoms with Crippen molar-refractivity contribution in [2.24, 2.45) is 0 Å². The highest BCUT2D eigenvalue weighted by molar-refractivity contribution is 5.83. The number of nitrogens with zero attached hydrogens (tertiary/aromatic N) is 9. The van der Waals surface area contributed by atoms with E-state index < -0.39 is 0 Å². The summed E-state index contributed by atoms with van der Waals surface area (Å²) >= 11 is 0. The normalized spacial score (nSPS) is 15.4. The maximum absolute atomic E-state index is 9.69. The van der Waals surface area contributed by atoms with Gasteiger partial charge in [-0.05, 0) is 44.5 Å². The standard InChI is InChI=1S/C28H27N9O/c1-19(2)36-15-22(14-32-36)25-17-37-28(21(11-29)13-33-37)27(34-25)20-6-7-26(31-12-20)35-10-8-24(16-35)38-18-23-5-3-4-9-30-23/h3-7,9,12-15,17,19,24H,8,10,16,18H2,1-2H3/t24-/m0/s1. The van der Waals surface area contributed by atoms with Crippen molar-refractivity contribution >= 4 is 11.3 Å². The Hall–Kier alpha value is -4.62. The molecule has 1 aliphatic rings. The number of fused-ring (bicyclic) bond motifs is 1. The molecule has 38 heavy (non-hydrogen) atoms. The van der Waals surface area contributed by atoms with Gasteiger partial charge in [0.1, 0.15) is 23.0 Å². The number of anilines is 1. The Labute approximate surface area is 220 Å². The molecule has 5 aromatic heterocycles. The maximum Gasteiger partial charge on any atom is 0.128 e. The van der Waals surface area contributed by atoms with Crippen molar-refractivity contribution in [3.05, 3.63) is 78.8 Å². The highest BCUT2D eigenvalue weighted by Gasteiger charge is 2.24. The third-order valence-corrected chi connectivity index (χ3v) is 6.73. The quantitative estimate of drug-likeness (QED) is 0.322. The van der Waals surface area contributed by atoms with Gasteiger partial charge in [0.25, 0.3) is 0 Å². The van der Waals surface area contributed by atoms with Crippen LogP contribution in [0.2, 0.25) is 0 Å². The Morgan fingerprint density at radius 3 is 2.71 bits per heavy atom. The molecule has 0 N–H and O–H groups in total. The summed E-state index contributed by atoms with van der Waals surface area (Å²) in [7, 11) is 0. The molecule has 0 amide bonds. The first-order valence-electron chi connectivity index (χ1n) is 12.6. The number of rotatable bonds is 7. The molecule has 0 spiro atoms. The summed E-state index contributed by atoms with van der Waals surface area (Å²) in [6.45, 7) is 6.31. The van der Waals surface area contributed by atoms with Crippen molar-refractivity contribution in [3.8, 4) is 28.6 Å². The van der Waals surface area contributed by atoms with Crippen LogP contribution in [0.15, 0.2) is 67.5 Å². The van der Waals surface area contributed by atoms with Gasteiger partial charge in [-0.15, -0.1) is 0 Å². The smallest absolute Gasteiger partial charge is 0.128 e. The predicted octanol–water partition coefficient (Wildman–Crippen LogP) is 4.30. The lowest BCUT2D eigenvalue weighted by Crippen LogP contribution is -2.23. The fourth-order valence-electron chi connectivity index (χ4n) is 4.66. The summed E-state index contributed by atoms with van der Waals surface area (Å²) in [5.41, 5.74) is 5.14. The second-order valence-corrected chi connectivity index (χ2v) is 9.63. The van der Waals surface area contributed by atoms with Crippen LogP contribution < -0.4 is 4.90 Å². The molecule has 0 radical (unpaired) electrons. The third-order valence-electron chi connectivity index (χ3n) is 6.73. The molecule has 190 valence electrons. The van der Waals surface area contributed by atoms with Crippen molar-refractivity contribution in [2.75, 3.05) is 18.0 Å². The lowest BCUT2D eigenvalue weighted by Gasteiger charge is -2.18. The van der Waals surface area contributed by atoms with E-state index in [4.69, 9.17) is 14.7 Å². The van der Waals surface area contributed by atoms with E-state index in [-0.39, 0.29) is 12.1 Å². The number of pyridine rings is 2. The van der Waals surface area contributed by atoms with Crippen LogP contribution in [0.25, 0.3) is 28.0 Å². The van der Waals surface area contributed by atoms with Crippen LogP contribution in [-0.4, -0.2) is 53.5 Å². The van der Waals surface area contributed by atoms with Gasteiger partial charge in [-0.25, -0.2) is 14.5 Å². The summed E-state index contributed by atoms with van der Waals surface area (Å²) < 4.78 is 9.68. The SMILES string of the molecule is CC(C)n1cc(-c2cn3ncc(C#N)c3c(-c3ccc(N4CC[C@H](OCc5ccccn5)C4)nc3)n2)cn1. The zero-order valence-electron chi connectivity index (χ0n) is 21.3. The molecule has 0 bridgehead atoms. The highest BCUT2D eigenvalue weighted by Crippen LogP contribution is 2.30. The lowest BCUT2D eigenvalue weighted by atomic mass is 10.1. The third kappa shape index (κ3) is 4.60. The van der Waals surface area contributed by atoms with Gasteiger partial charge in [0, 0.05) is 48.8 Å². The molecule has 1 aliphatic heterocycles. The predicted molar refractivity (Wildman–Crippen MR) is 142 cm³/mol. The Morgan fingerprint density at radius 1 is 1.05 bits per heavy atom. The minimum Gasteiger partial charge on any atom is -0.370 e. The van der Waals surface area contributed by atoms with Crippen LogP contribution in [0.4, 0.5) is 5.82 Å². The molecular weight excluding hydrogens is 478 g/mol. The summed E-state index contributed by atoms with van der Waals surface area (Å²) in [6, 6.07) is 12.3. The molecule has 6 heterocycles. The first kappa shape index (κ1) is 23.8. The lowest BCUT2D eigenvalue weighted by molar-refractivity contribution is 0.0533. The average Bonchev–Trinajstić information content (AvgIpc) is 3.72. The molecule has 0 unspecified atom stereocenters. The van der Waals surface area contributed by atoms with E-state index in [0.29, 0.717) is 23.4 Å². The van der Waals surface area contributed by atoms with Crippen molar-refractivity contribution in [1.29, 1.82) is 5.26 Å². The molecule has 0 aliphatic carbocycles. The first-order valence-corrected chi connectivity index (χ1v) is 12.6. The summed E-state index contributed by atoms with van der Waals surface area (Å²) in [4.78, 5) is 16.3. The van der Waals surface area contributed by atoms with Gasteiger partial charge in [0.2, 0.25) is 0 Å². The van der Waals surface area contributed by atoms with E-state index in [0.717, 1.165) is 47.8 Å². The Kier molecular flexibility index (Phi) is 6.27. The topological polar surface area (TPSA) is 110 Å². The Morgan fingerprint density at radius 2 is 1.97 bits per heavy atom. The molecule has 5 aromatic rings. The average molecular weight is 506 g/mol. The fraction of sp³-hybridized carbons (Fsp3) is 0.286. The van der Waals surface area contributed by atoms with Crippen LogP contribution >= 0.6 is 0 Å². The van der Waals surface area contributed by atoms with Crippen LogP contribution in [0.3, 0.4) is 0 Å². The maximum atomic E-state index is 9.69. The van der Waals surface area contributed by atoms with Gasteiger partial charge in [0.05, 0.1) is 48.4 Å². The van der Waals surface area contributed by atoms with Gasteiger partial charge in [0.15, 0.2) is 0 Å². The van der Waals surface area contributed by atoms with Gasteiger partial charge in [-0.1, -0.05) is 6.07 Å². The van der Waals surface area contributed by atoms with Crippen LogP contribution in [0.1, 0.15) is 37.6 Å². The largest absolute Gasteiger partial charge is 0.370 e. The number of nitriles is 1. The zero-order chi connectivity index (χ0) is 26.1. The summed E-state index contributed by atoms with van der Waals surface area (Å²) in [5, 5.41) is 18.6. The highest BCUT2D eigenvalue weighted by atomic mass is 16.5. The van der Waals surface area contributed by atoms with Crippen LogP contribution in [0, 0.1) is 11.3 Å². The van der Waals surface area contributed by atoms with E-state index in [2.05, 4.69) is 40.0 Å². The fourth-order valence-corrected chi connectivity index (χ4v) is 4.66. The van der Waals surface area contributed by atoms with Crippen molar-refractivity contribution in [1.82, 2.24) is 34.3 Å². The van der Waals surface area contributed by atoms with Gasteiger partial charge in [-0.2, -0.15) is 15.5 Å².